The monoisotopic (exact) mass is 203 g/mol. The minimum atomic E-state index is -0.710. The maximum Gasteiger partial charge on any atom is 0.128 e. The van der Waals surface area contributed by atoms with E-state index in [0.717, 1.165) is 0 Å². The molecule has 0 amide bonds. The van der Waals surface area contributed by atoms with Crippen molar-refractivity contribution in [1.82, 2.24) is 0 Å². The first kappa shape index (κ1) is 10.4. The van der Waals surface area contributed by atoms with Gasteiger partial charge in [-0.15, -0.1) is 0 Å². The van der Waals surface area contributed by atoms with Gasteiger partial charge in [-0.25, -0.2) is 4.39 Å². The van der Waals surface area contributed by atoms with Crippen molar-refractivity contribution in [2.75, 3.05) is 6.61 Å². The topological polar surface area (TPSA) is 46.2 Å². The summed E-state index contributed by atoms with van der Waals surface area (Å²) in [7, 11) is 0. The fraction of sp³-hybridized carbons (Fsp3) is 0.333. The molecule has 0 saturated carbocycles. The Morgan fingerprint density at radius 3 is 2.77 bits per heavy atom. The maximum atomic E-state index is 13.2. The average molecular weight is 204 g/mol. The van der Waals surface area contributed by atoms with Gasteiger partial charge in [-0.3, -0.25) is 0 Å². The first-order valence-electron chi connectivity index (χ1n) is 3.89. The highest BCUT2D eigenvalue weighted by molar-refractivity contribution is 6.31. The van der Waals surface area contributed by atoms with Crippen LogP contribution in [0.4, 0.5) is 4.39 Å². The van der Waals surface area contributed by atoms with Gasteiger partial charge in [-0.2, -0.15) is 0 Å². The summed E-state index contributed by atoms with van der Waals surface area (Å²) in [5.74, 6) is -0.427. The number of hydrogen-bond donors (Lipinski definition) is 2. The smallest absolute Gasteiger partial charge is 0.128 e. The molecule has 0 bridgehead atoms. The van der Waals surface area contributed by atoms with Crippen molar-refractivity contribution in [3.05, 3.63) is 34.1 Å². The van der Waals surface area contributed by atoms with Crippen LogP contribution in [0.25, 0.3) is 0 Å². The lowest BCUT2D eigenvalue weighted by Gasteiger charge is -2.13. The highest BCUT2D eigenvalue weighted by Gasteiger charge is 2.14. The second-order valence-electron chi connectivity index (χ2n) is 2.86. The van der Waals surface area contributed by atoms with E-state index in [4.69, 9.17) is 22.4 Å². The highest BCUT2D eigenvalue weighted by Crippen LogP contribution is 2.25. The second-order valence-corrected chi connectivity index (χ2v) is 3.26. The first-order chi connectivity index (χ1) is 6.07. The Balaban J connectivity index is 3.25. The zero-order chi connectivity index (χ0) is 10.0. The number of aliphatic hydroxyl groups excluding tert-OH is 1. The van der Waals surface area contributed by atoms with Gasteiger partial charge < -0.3 is 10.8 Å². The fourth-order valence-electron chi connectivity index (χ4n) is 1.22. The van der Waals surface area contributed by atoms with Crippen LogP contribution in [0, 0.1) is 12.7 Å². The van der Waals surface area contributed by atoms with Crippen LogP contribution in [0.15, 0.2) is 12.1 Å². The van der Waals surface area contributed by atoms with Crippen molar-refractivity contribution in [1.29, 1.82) is 0 Å². The average Bonchev–Trinajstić information content (AvgIpc) is 2.12. The summed E-state index contributed by atoms with van der Waals surface area (Å²) in [6, 6.07) is 2.01. The van der Waals surface area contributed by atoms with E-state index >= 15 is 0 Å². The largest absolute Gasteiger partial charge is 0.394 e. The van der Waals surface area contributed by atoms with Gasteiger partial charge >= 0.3 is 0 Å². The van der Waals surface area contributed by atoms with Crippen molar-refractivity contribution in [2.45, 2.75) is 13.0 Å². The van der Waals surface area contributed by atoms with Gasteiger partial charge in [-0.1, -0.05) is 11.6 Å². The van der Waals surface area contributed by atoms with Crippen LogP contribution >= 0.6 is 11.6 Å². The van der Waals surface area contributed by atoms with Crippen molar-refractivity contribution in [3.8, 4) is 0 Å². The summed E-state index contributed by atoms with van der Waals surface area (Å²) in [5, 5.41) is 9.25. The van der Waals surface area contributed by atoms with E-state index in [1.807, 2.05) is 0 Å². The molecule has 0 heterocycles. The van der Waals surface area contributed by atoms with Gasteiger partial charge in [0.1, 0.15) is 5.82 Å². The summed E-state index contributed by atoms with van der Waals surface area (Å²) in [6.45, 7) is 1.38. The lowest BCUT2D eigenvalue weighted by molar-refractivity contribution is 0.265. The Kier molecular flexibility index (Phi) is 3.25. The highest BCUT2D eigenvalue weighted by atomic mass is 35.5. The third kappa shape index (κ3) is 1.99. The van der Waals surface area contributed by atoms with E-state index in [1.165, 1.54) is 12.1 Å². The number of aliphatic hydroxyl groups is 1. The third-order valence-electron chi connectivity index (χ3n) is 1.96. The number of benzene rings is 1. The normalized spacial score (nSPS) is 13.0. The molecule has 1 unspecified atom stereocenters. The molecule has 2 nitrogen and oxygen atoms in total. The molecule has 1 aromatic carbocycles. The van der Waals surface area contributed by atoms with E-state index < -0.39 is 11.9 Å². The van der Waals surface area contributed by atoms with Crippen molar-refractivity contribution < 1.29 is 9.50 Å². The van der Waals surface area contributed by atoms with Crippen LogP contribution in [0.3, 0.4) is 0 Å². The van der Waals surface area contributed by atoms with Gasteiger partial charge in [0.2, 0.25) is 0 Å². The Hall–Kier alpha value is -0.640. The fourth-order valence-corrected chi connectivity index (χ4v) is 1.38. The lowest BCUT2D eigenvalue weighted by atomic mass is 10.0. The molecule has 0 aliphatic rings. The van der Waals surface area contributed by atoms with Crippen LogP contribution in [-0.4, -0.2) is 11.7 Å². The molecule has 0 aromatic heterocycles. The summed E-state index contributed by atoms with van der Waals surface area (Å²) in [6.07, 6.45) is 0. The number of halogens is 2. The predicted octanol–water partition coefficient (Wildman–Crippen LogP) is 1.78. The van der Waals surface area contributed by atoms with Crippen LogP contribution in [-0.2, 0) is 0 Å². The van der Waals surface area contributed by atoms with Gasteiger partial charge in [0, 0.05) is 10.6 Å². The lowest BCUT2D eigenvalue weighted by Crippen LogP contribution is -2.17. The Bertz CT molecular complexity index is 317. The van der Waals surface area contributed by atoms with E-state index in [9.17, 15) is 4.39 Å². The molecule has 3 N–H and O–H groups in total. The Labute approximate surface area is 81.1 Å². The predicted molar refractivity (Wildman–Crippen MR) is 50.2 cm³/mol. The Morgan fingerprint density at radius 1 is 1.62 bits per heavy atom. The summed E-state index contributed by atoms with van der Waals surface area (Å²) < 4.78 is 13.2. The van der Waals surface area contributed by atoms with E-state index in [-0.39, 0.29) is 12.2 Å². The van der Waals surface area contributed by atoms with Crippen molar-refractivity contribution in [2.24, 2.45) is 5.73 Å². The number of nitrogens with two attached hydrogens (primary N) is 1. The molecule has 13 heavy (non-hydrogen) atoms. The van der Waals surface area contributed by atoms with Crippen LogP contribution in [0.2, 0.25) is 5.02 Å². The van der Waals surface area contributed by atoms with Crippen LogP contribution in [0.1, 0.15) is 17.2 Å². The van der Waals surface area contributed by atoms with Gasteiger partial charge in [-0.05, 0) is 24.6 Å². The molecule has 1 rings (SSSR count). The van der Waals surface area contributed by atoms with Gasteiger partial charge in [0.15, 0.2) is 0 Å². The molecule has 0 saturated heterocycles. The standard InChI is InChI=1S/C9H11ClFNO/c1-5-6(10)2-3-7(11)9(5)8(12)4-13/h2-3,8,13H,4,12H2,1H3. The molecule has 1 aromatic rings. The van der Waals surface area contributed by atoms with E-state index in [2.05, 4.69) is 0 Å². The zero-order valence-corrected chi connectivity index (χ0v) is 7.98. The molecule has 0 radical (unpaired) electrons. The molecule has 0 aliphatic heterocycles. The molecule has 72 valence electrons. The zero-order valence-electron chi connectivity index (χ0n) is 7.22. The quantitative estimate of drug-likeness (QED) is 0.770. The minimum Gasteiger partial charge on any atom is -0.394 e. The number of hydrogen-bond acceptors (Lipinski definition) is 2. The van der Waals surface area contributed by atoms with Crippen LogP contribution in [0.5, 0.6) is 0 Å². The summed E-state index contributed by atoms with van der Waals surface area (Å²) >= 11 is 5.78. The molecule has 0 spiro atoms. The van der Waals surface area contributed by atoms with Crippen molar-refractivity contribution in [3.63, 3.8) is 0 Å². The number of rotatable bonds is 2. The maximum absolute atomic E-state index is 13.2. The molecule has 0 aliphatic carbocycles. The minimum absolute atomic E-state index is 0.287. The van der Waals surface area contributed by atoms with E-state index in [1.54, 1.807) is 6.92 Å². The van der Waals surface area contributed by atoms with Crippen LogP contribution < -0.4 is 5.73 Å². The third-order valence-corrected chi connectivity index (χ3v) is 2.37. The molecule has 0 fully saturated rings. The second kappa shape index (κ2) is 4.05. The molecule has 1 atom stereocenters. The molecular formula is C9H11ClFNO. The summed E-state index contributed by atoms with van der Waals surface area (Å²) in [5.41, 5.74) is 6.39. The first-order valence-corrected chi connectivity index (χ1v) is 4.26. The van der Waals surface area contributed by atoms with Gasteiger partial charge in [0.05, 0.1) is 12.6 Å². The van der Waals surface area contributed by atoms with Gasteiger partial charge in [0.25, 0.3) is 0 Å². The Morgan fingerprint density at radius 2 is 2.23 bits per heavy atom. The molecule has 4 heteroatoms. The van der Waals surface area contributed by atoms with E-state index in [0.29, 0.717) is 10.6 Å². The SMILES string of the molecule is Cc1c(Cl)ccc(F)c1C(N)CO. The van der Waals surface area contributed by atoms with Crippen molar-refractivity contribution >= 4 is 11.6 Å². The molecular weight excluding hydrogens is 193 g/mol. The summed E-state index contributed by atoms with van der Waals surface area (Å²) in [4.78, 5) is 0.